The number of hydrogen-bond acceptors (Lipinski definition) is 24. The summed E-state index contributed by atoms with van der Waals surface area (Å²) in [5.74, 6) is -1.59. The molecule has 16 N–H and O–H groups in total. The topological polar surface area (TPSA) is 446 Å². The first kappa shape index (κ1) is 80.2. The van der Waals surface area contributed by atoms with Gasteiger partial charge in [0.05, 0.1) is 84.8 Å². The number of carbonyl (C=O) groups is 6. The molecule has 0 spiro atoms. The van der Waals surface area contributed by atoms with Crippen LogP contribution in [0.15, 0.2) is 0 Å². The van der Waals surface area contributed by atoms with E-state index >= 15 is 0 Å². The van der Waals surface area contributed by atoms with Gasteiger partial charge in [-0.15, -0.1) is 0 Å². The largest absolute Gasteiger partial charge is 0.396 e. The zero-order valence-corrected chi connectivity index (χ0v) is 52.2. The van der Waals surface area contributed by atoms with E-state index < -0.39 is 86.8 Å². The van der Waals surface area contributed by atoms with Crippen LogP contribution in [0.4, 0.5) is 0 Å². The number of unbranched alkanes of at least 4 members (excludes halogenated alkanes) is 3. The van der Waals surface area contributed by atoms with E-state index in [0.29, 0.717) is 117 Å². The number of hydrogen-bond donors (Lipinski definition) is 15. The minimum absolute atomic E-state index is 0.0282. The molecule has 30 nitrogen and oxygen atoms in total. The molecule has 0 radical (unpaired) electrons. The van der Waals surface area contributed by atoms with E-state index in [1.165, 1.54) is 0 Å². The monoisotopic (exact) mass is 1270 g/mol. The van der Waals surface area contributed by atoms with Crippen LogP contribution in [-0.4, -0.2) is 270 Å². The Labute approximate surface area is 518 Å². The van der Waals surface area contributed by atoms with Gasteiger partial charge in [0.2, 0.25) is 35.4 Å². The third kappa shape index (κ3) is 36.2. The molecule has 0 aromatic rings. The molecule has 2 rings (SSSR count). The van der Waals surface area contributed by atoms with Crippen molar-refractivity contribution in [1.29, 1.82) is 0 Å². The quantitative estimate of drug-likeness (QED) is 0.0211. The first-order valence-corrected chi connectivity index (χ1v) is 31.3. The van der Waals surface area contributed by atoms with E-state index in [1.807, 2.05) is 13.8 Å². The predicted molar refractivity (Wildman–Crippen MR) is 316 cm³/mol. The lowest BCUT2D eigenvalue weighted by molar-refractivity contribution is -0.265. The highest BCUT2D eigenvalue weighted by Gasteiger charge is 2.43. The molecule has 12 atom stereocenters. The molecule has 0 saturated carbocycles. The number of amides is 6. The number of aliphatic hydroxyl groups excluding tert-OH is 8. The van der Waals surface area contributed by atoms with Crippen LogP contribution >= 0.6 is 0 Å². The number of nitrogens with one attached hydrogen (secondary N) is 6. The van der Waals surface area contributed by atoms with E-state index in [-0.39, 0.29) is 145 Å². The second kappa shape index (κ2) is 48.8. The highest BCUT2D eigenvalue weighted by molar-refractivity contribution is 5.78. The van der Waals surface area contributed by atoms with Crippen molar-refractivity contribution in [3.63, 3.8) is 0 Å². The summed E-state index contributed by atoms with van der Waals surface area (Å²) >= 11 is 0. The third-order valence-electron chi connectivity index (χ3n) is 14.4. The number of aliphatic hydroxyl groups is 8. The van der Waals surface area contributed by atoms with E-state index in [4.69, 9.17) is 48.4 Å². The fourth-order valence-corrected chi connectivity index (χ4v) is 8.92. The van der Waals surface area contributed by atoms with Gasteiger partial charge in [0, 0.05) is 115 Å². The Morgan fingerprint density at radius 1 is 0.511 bits per heavy atom. The smallest absolute Gasteiger partial charge is 0.222 e. The average molecular weight is 1270 g/mol. The third-order valence-corrected chi connectivity index (χ3v) is 14.4. The minimum Gasteiger partial charge on any atom is -0.396 e. The van der Waals surface area contributed by atoms with Crippen LogP contribution in [0, 0.1) is 17.3 Å². The molecule has 2 aliphatic heterocycles. The zero-order valence-electron chi connectivity index (χ0n) is 52.2. The highest BCUT2D eigenvalue weighted by atomic mass is 16.7. The van der Waals surface area contributed by atoms with Crippen molar-refractivity contribution < 1.29 is 112 Å². The maximum atomic E-state index is 12.6. The van der Waals surface area contributed by atoms with Crippen molar-refractivity contribution in [3.05, 3.63) is 0 Å². The lowest BCUT2D eigenvalue weighted by atomic mass is 9.94. The maximum absolute atomic E-state index is 12.6. The van der Waals surface area contributed by atoms with Crippen LogP contribution in [-0.2, 0) is 71.4 Å². The Kier molecular flexibility index (Phi) is 44.5. The molecule has 30 heteroatoms. The van der Waals surface area contributed by atoms with Gasteiger partial charge in [-0.1, -0.05) is 20.8 Å². The van der Waals surface area contributed by atoms with E-state index in [9.17, 15) is 69.6 Å². The summed E-state index contributed by atoms with van der Waals surface area (Å²) in [4.78, 5) is 74.9. The molecule has 0 aromatic carbocycles. The molecule has 2 fully saturated rings. The Morgan fingerprint density at radius 2 is 0.898 bits per heavy atom. The molecule has 2 heterocycles. The zero-order chi connectivity index (χ0) is 65.0. The predicted octanol–water partition coefficient (Wildman–Crippen LogP) is -3.16. The van der Waals surface area contributed by atoms with Gasteiger partial charge in [-0.05, 0) is 64.2 Å². The van der Waals surface area contributed by atoms with Crippen molar-refractivity contribution >= 4 is 35.4 Å². The van der Waals surface area contributed by atoms with E-state index in [0.717, 1.165) is 0 Å². The molecule has 6 amide bonds. The van der Waals surface area contributed by atoms with Crippen LogP contribution < -0.4 is 37.6 Å². The molecule has 0 aromatic heterocycles. The molecule has 0 bridgehead atoms. The van der Waals surface area contributed by atoms with Gasteiger partial charge in [-0.2, -0.15) is 0 Å². The van der Waals surface area contributed by atoms with Crippen molar-refractivity contribution in [1.82, 2.24) is 31.9 Å². The van der Waals surface area contributed by atoms with Crippen LogP contribution in [0.5, 0.6) is 0 Å². The van der Waals surface area contributed by atoms with E-state index in [2.05, 4.69) is 31.9 Å². The van der Waals surface area contributed by atoms with Gasteiger partial charge in [0.25, 0.3) is 0 Å². The van der Waals surface area contributed by atoms with Crippen LogP contribution in [0.3, 0.4) is 0 Å². The minimum atomic E-state index is -1.33. The summed E-state index contributed by atoms with van der Waals surface area (Å²) in [6.45, 7) is 7.18. The van der Waals surface area contributed by atoms with Gasteiger partial charge < -0.3 is 121 Å². The second-order valence-electron chi connectivity index (χ2n) is 22.8. The molecule has 88 heavy (non-hydrogen) atoms. The van der Waals surface area contributed by atoms with E-state index in [1.54, 1.807) is 6.92 Å². The second-order valence-corrected chi connectivity index (χ2v) is 22.8. The lowest BCUT2D eigenvalue weighted by Gasteiger charge is -2.40. The highest BCUT2D eigenvalue weighted by Crippen LogP contribution is 2.27. The number of ether oxygens (including phenoxy) is 9. The lowest BCUT2D eigenvalue weighted by Crippen LogP contribution is -2.62. The molecule has 5 unspecified atom stereocenters. The Bertz CT molecular complexity index is 1830. The number of rotatable bonds is 53. The van der Waals surface area contributed by atoms with Gasteiger partial charge in [-0.3, -0.25) is 28.8 Å². The van der Waals surface area contributed by atoms with Gasteiger partial charge in [0.1, 0.15) is 30.5 Å². The summed E-state index contributed by atoms with van der Waals surface area (Å²) in [6.07, 6.45) is -2.01. The summed E-state index contributed by atoms with van der Waals surface area (Å²) < 4.78 is 51.4. The normalized spacial score (nSPS) is 22.5. The Morgan fingerprint density at radius 3 is 1.30 bits per heavy atom. The number of carbonyl (C=O) groups excluding carboxylic acids is 6. The van der Waals surface area contributed by atoms with Gasteiger partial charge in [0.15, 0.2) is 18.9 Å². The molecule has 0 aliphatic carbocycles. The number of nitrogens with two attached hydrogens (primary N) is 1. The van der Waals surface area contributed by atoms with Gasteiger partial charge >= 0.3 is 0 Å². The fourth-order valence-electron chi connectivity index (χ4n) is 8.92. The summed E-state index contributed by atoms with van der Waals surface area (Å²) in [5, 5.41) is 93.8. The van der Waals surface area contributed by atoms with Gasteiger partial charge in [-0.25, -0.2) is 0 Å². The van der Waals surface area contributed by atoms with Crippen molar-refractivity contribution in [3.8, 4) is 0 Å². The van der Waals surface area contributed by atoms with Crippen molar-refractivity contribution in [2.24, 2.45) is 23.0 Å². The summed E-state index contributed by atoms with van der Waals surface area (Å²) in [7, 11) is 0. The molecular weight excluding hydrogens is 1160 g/mol. The first-order valence-electron chi connectivity index (χ1n) is 31.3. The molecule has 2 aliphatic rings. The first-order chi connectivity index (χ1) is 42.3. The molecule has 2 saturated heterocycles. The fraction of sp³-hybridized carbons (Fsp3) is 0.897. The standard InChI is InChI=1S/C58H109N7O23/c1-40-31-43(71)44(35-69)87-55(40)83-25-7-4-13-46(72)60-19-10-22-63-49(75)16-28-80-37-58(3,38-81-29-17-50(76)64-23-11-20-61-47(73)14-5-8-26-84-56(41(2)32-66)86-42(33-67)34-68)39-82-30-18-51(77)65-24-12-21-62-48(74)15-6-9-27-85-57-52(59)54(79)53(78)45(36-70)88-57/h40-45,52-57,66-71,78-79H,4-39,59H2,1-3H3,(H,60,72)(H,61,73)(H,62,74)(H,63,75)(H,64,76)(H,65,77)/t40-,41-,43?,44?,45?,52-,53-,54?,55+,56+,57+,58?/m0/s1. The van der Waals surface area contributed by atoms with Crippen LogP contribution in [0.1, 0.15) is 124 Å². The Balaban J connectivity index is 1.68. The SMILES string of the molecule is C[C@@H](CO)[C@H](OCCCCC(=O)NCCCNC(=O)CCOCC(C)(COCCC(=O)NCCCNC(=O)CCCCO[C@@H]1OC(CO)C(O)C[C@@H]1C)COCCC(=O)NCCCNC(=O)CCCCO[C@@H]1OC(CO)[C@H](O)C(O)[C@@H]1N)OC(CO)CO. The Hall–Kier alpha value is -3.90. The van der Waals surface area contributed by atoms with Crippen molar-refractivity contribution in [2.45, 2.75) is 185 Å². The molecular formula is C58H109N7O23. The average Bonchev–Trinajstić information content (AvgIpc) is 3.71. The van der Waals surface area contributed by atoms with Crippen LogP contribution in [0.25, 0.3) is 0 Å². The maximum Gasteiger partial charge on any atom is 0.222 e. The summed E-state index contributed by atoms with van der Waals surface area (Å²) in [5.41, 5.74) is 5.14. The van der Waals surface area contributed by atoms with Crippen LogP contribution in [0.2, 0.25) is 0 Å². The summed E-state index contributed by atoms with van der Waals surface area (Å²) in [6, 6.07) is -1.00. The molecule has 514 valence electrons. The van der Waals surface area contributed by atoms with Crippen molar-refractivity contribution in [2.75, 3.05) is 132 Å².